The molecule has 1 aromatic heterocycles. The number of nitrogens with zero attached hydrogens (tertiary/aromatic N) is 4. The second-order valence-electron chi connectivity index (χ2n) is 5.41. The third-order valence-corrected chi connectivity index (χ3v) is 3.56. The van der Waals surface area contributed by atoms with Gasteiger partial charge in [0, 0.05) is 20.1 Å². The topological polar surface area (TPSA) is 93.7 Å². The molecule has 0 bridgehead atoms. The first kappa shape index (κ1) is 15.7. The first-order chi connectivity index (χ1) is 9.97. The summed E-state index contributed by atoms with van der Waals surface area (Å²) in [5.74, 6) is 0.497. The van der Waals surface area contributed by atoms with Gasteiger partial charge in [-0.15, -0.1) is 0 Å². The number of hydrogen-bond donors (Lipinski definition) is 1. The van der Waals surface area contributed by atoms with Crippen LogP contribution < -0.4 is 4.90 Å². The molecule has 0 saturated carbocycles. The highest BCUT2D eigenvalue weighted by atomic mass is 16.6. The lowest BCUT2D eigenvalue weighted by molar-refractivity contribution is -0.384. The van der Waals surface area contributed by atoms with Gasteiger partial charge < -0.3 is 14.7 Å². The number of aliphatic hydroxyl groups is 1. The van der Waals surface area contributed by atoms with E-state index in [0.717, 1.165) is 6.42 Å². The van der Waals surface area contributed by atoms with Gasteiger partial charge in [-0.1, -0.05) is 13.3 Å². The summed E-state index contributed by atoms with van der Waals surface area (Å²) in [6.07, 6.45) is 0.946. The Morgan fingerprint density at radius 1 is 1.52 bits per heavy atom. The van der Waals surface area contributed by atoms with E-state index in [2.05, 4.69) is 5.10 Å². The fraction of sp³-hybridized carbons (Fsp3) is 0.769. The summed E-state index contributed by atoms with van der Waals surface area (Å²) in [6, 6.07) is 0. The van der Waals surface area contributed by atoms with E-state index in [-0.39, 0.29) is 29.4 Å². The second kappa shape index (κ2) is 6.40. The molecule has 1 aromatic rings. The van der Waals surface area contributed by atoms with E-state index in [4.69, 9.17) is 4.74 Å². The van der Waals surface area contributed by atoms with Crippen molar-refractivity contribution < 1.29 is 14.8 Å². The predicted molar refractivity (Wildman–Crippen MR) is 77.5 cm³/mol. The first-order valence-corrected chi connectivity index (χ1v) is 7.19. The Balaban J connectivity index is 2.40. The Hall–Kier alpha value is -1.67. The number of nitro groups is 1. The van der Waals surface area contributed by atoms with Gasteiger partial charge in [-0.2, -0.15) is 5.10 Å². The van der Waals surface area contributed by atoms with Crippen LogP contribution in [0, 0.1) is 10.1 Å². The highest BCUT2D eigenvalue weighted by Crippen LogP contribution is 2.33. The number of aromatic nitrogens is 2. The van der Waals surface area contributed by atoms with Crippen LogP contribution in [0.2, 0.25) is 0 Å². The van der Waals surface area contributed by atoms with Crippen LogP contribution in [0.25, 0.3) is 0 Å². The molecular weight excluding hydrogens is 276 g/mol. The molecule has 1 saturated heterocycles. The zero-order chi connectivity index (χ0) is 15.6. The Morgan fingerprint density at radius 3 is 2.81 bits per heavy atom. The standard InChI is InChI=1S/C13H22N4O4/c1-4-5-11-12(17(19)20)13(15(3)14-11)16-6-9(2)21-10(7-16)8-18/h9-10,18H,4-8H2,1-3H3. The van der Waals surface area contributed by atoms with Crippen molar-refractivity contribution in [2.75, 3.05) is 24.6 Å². The largest absolute Gasteiger partial charge is 0.394 e. The van der Waals surface area contributed by atoms with Crippen molar-refractivity contribution >= 4 is 11.5 Å². The second-order valence-corrected chi connectivity index (χ2v) is 5.41. The van der Waals surface area contributed by atoms with Gasteiger partial charge in [0.05, 0.1) is 23.7 Å². The Bertz CT molecular complexity index is 517. The molecule has 8 heteroatoms. The maximum absolute atomic E-state index is 11.5. The molecular formula is C13H22N4O4. The van der Waals surface area contributed by atoms with Crippen molar-refractivity contribution in [1.29, 1.82) is 0 Å². The molecule has 0 amide bonds. The maximum atomic E-state index is 11.5. The van der Waals surface area contributed by atoms with Gasteiger partial charge in [0.2, 0.25) is 5.82 Å². The molecule has 21 heavy (non-hydrogen) atoms. The van der Waals surface area contributed by atoms with Gasteiger partial charge in [0.15, 0.2) is 0 Å². The van der Waals surface area contributed by atoms with E-state index < -0.39 is 0 Å². The lowest BCUT2D eigenvalue weighted by atomic mass is 10.2. The fourth-order valence-electron chi connectivity index (χ4n) is 2.82. The summed E-state index contributed by atoms with van der Waals surface area (Å²) >= 11 is 0. The van der Waals surface area contributed by atoms with Crippen LogP contribution in [0.15, 0.2) is 0 Å². The Kier molecular flexibility index (Phi) is 4.79. The van der Waals surface area contributed by atoms with Crippen LogP contribution in [-0.4, -0.2) is 51.7 Å². The summed E-state index contributed by atoms with van der Waals surface area (Å²) < 4.78 is 7.16. The molecule has 2 heterocycles. The van der Waals surface area contributed by atoms with E-state index in [1.807, 2.05) is 18.7 Å². The predicted octanol–water partition coefficient (Wildman–Crippen LogP) is 0.867. The van der Waals surface area contributed by atoms with Crippen molar-refractivity contribution in [3.63, 3.8) is 0 Å². The maximum Gasteiger partial charge on any atom is 0.334 e. The zero-order valence-corrected chi connectivity index (χ0v) is 12.7. The number of aryl methyl sites for hydroxylation is 2. The summed E-state index contributed by atoms with van der Waals surface area (Å²) in [7, 11) is 1.72. The lowest BCUT2D eigenvalue weighted by Gasteiger charge is -2.36. The van der Waals surface area contributed by atoms with E-state index >= 15 is 0 Å². The van der Waals surface area contributed by atoms with E-state index in [1.54, 1.807) is 11.7 Å². The molecule has 0 aliphatic carbocycles. The molecule has 8 nitrogen and oxygen atoms in total. The van der Waals surface area contributed by atoms with Gasteiger partial charge >= 0.3 is 5.69 Å². The highest BCUT2D eigenvalue weighted by molar-refractivity contribution is 5.62. The minimum absolute atomic E-state index is 0.0742. The molecule has 1 N–H and O–H groups in total. The lowest BCUT2D eigenvalue weighted by Crippen LogP contribution is -2.48. The van der Waals surface area contributed by atoms with Crippen molar-refractivity contribution in [3.8, 4) is 0 Å². The number of rotatable bonds is 5. The number of anilines is 1. The van der Waals surface area contributed by atoms with E-state index in [1.165, 1.54) is 0 Å². The quantitative estimate of drug-likeness (QED) is 0.640. The average molecular weight is 298 g/mol. The number of morpholine rings is 1. The smallest absolute Gasteiger partial charge is 0.334 e. The zero-order valence-electron chi connectivity index (χ0n) is 12.7. The third-order valence-electron chi connectivity index (χ3n) is 3.56. The summed E-state index contributed by atoms with van der Waals surface area (Å²) in [4.78, 5) is 13.0. The number of hydrogen-bond acceptors (Lipinski definition) is 6. The highest BCUT2D eigenvalue weighted by Gasteiger charge is 2.34. The summed E-state index contributed by atoms with van der Waals surface area (Å²) in [6.45, 7) is 4.73. The van der Waals surface area contributed by atoms with Gasteiger partial charge in [-0.3, -0.25) is 10.1 Å². The van der Waals surface area contributed by atoms with Crippen LogP contribution in [0.5, 0.6) is 0 Å². The molecule has 1 aliphatic rings. The molecule has 1 fully saturated rings. The minimum Gasteiger partial charge on any atom is -0.394 e. The SMILES string of the molecule is CCCc1nn(C)c(N2CC(C)OC(CO)C2)c1[N+](=O)[O-]. The van der Waals surface area contributed by atoms with Crippen LogP contribution in [0.4, 0.5) is 11.5 Å². The Morgan fingerprint density at radius 2 is 2.24 bits per heavy atom. The summed E-state index contributed by atoms with van der Waals surface area (Å²) in [5.41, 5.74) is 0.588. The van der Waals surface area contributed by atoms with Crippen molar-refractivity contribution in [1.82, 2.24) is 9.78 Å². The molecule has 0 spiro atoms. The first-order valence-electron chi connectivity index (χ1n) is 7.19. The van der Waals surface area contributed by atoms with Gasteiger partial charge in [-0.05, 0) is 13.3 Å². The molecule has 1 aliphatic heterocycles. The van der Waals surface area contributed by atoms with Gasteiger partial charge in [0.1, 0.15) is 5.69 Å². The molecule has 0 radical (unpaired) electrons. The number of aliphatic hydroxyl groups excluding tert-OH is 1. The fourth-order valence-corrected chi connectivity index (χ4v) is 2.82. The van der Waals surface area contributed by atoms with Crippen LogP contribution in [-0.2, 0) is 18.2 Å². The van der Waals surface area contributed by atoms with Gasteiger partial charge in [-0.25, -0.2) is 4.68 Å². The molecule has 2 unspecified atom stereocenters. The Labute approximate surface area is 123 Å². The van der Waals surface area contributed by atoms with Crippen molar-refractivity contribution in [2.45, 2.75) is 38.9 Å². The summed E-state index contributed by atoms with van der Waals surface area (Å²) in [5, 5.41) is 25.1. The monoisotopic (exact) mass is 298 g/mol. The molecule has 118 valence electrons. The minimum atomic E-state index is -0.360. The van der Waals surface area contributed by atoms with Crippen LogP contribution in [0.1, 0.15) is 26.0 Å². The average Bonchev–Trinajstić information content (AvgIpc) is 2.75. The van der Waals surface area contributed by atoms with E-state index in [0.29, 0.717) is 31.0 Å². The van der Waals surface area contributed by atoms with Crippen molar-refractivity contribution in [2.24, 2.45) is 7.05 Å². The third kappa shape index (κ3) is 3.16. The normalized spacial score (nSPS) is 22.6. The van der Waals surface area contributed by atoms with E-state index in [9.17, 15) is 15.2 Å². The molecule has 2 atom stereocenters. The molecule has 0 aromatic carbocycles. The van der Waals surface area contributed by atoms with Crippen molar-refractivity contribution in [3.05, 3.63) is 15.8 Å². The number of ether oxygens (including phenoxy) is 1. The van der Waals surface area contributed by atoms with Crippen LogP contribution >= 0.6 is 0 Å². The van der Waals surface area contributed by atoms with Gasteiger partial charge in [0.25, 0.3) is 0 Å². The molecule has 2 rings (SSSR count). The van der Waals surface area contributed by atoms with Crippen LogP contribution in [0.3, 0.4) is 0 Å².